The number of ether oxygens (including phenoxy) is 1. The van der Waals surface area contributed by atoms with Crippen molar-refractivity contribution in [2.24, 2.45) is 0 Å². The number of amides is 1. The maximum absolute atomic E-state index is 12.0. The van der Waals surface area contributed by atoms with Crippen LogP contribution in [0.4, 0.5) is 4.79 Å². The summed E-state index contributed by atoms with van der Waals surface area (Å²) in [5.41, 5.74) is 1.24. The average molecular weight is 368 g/mol. The Hall–Kier alpha value is -2.24. The van der Waals surface area contributed by atoms with Gasteiger partial charge in [0, 0.05) is 0 Å². The van der Waals surface area contributed by atoms with Gasteiger partial charge in [-0.1, -0.05) is 65.7 Å². The molecule has 1 atom stereocenters. The first kappa shape index (κ1) is 18.1. The summed E-state index contributed by atoms with van der Waals surface area (Å²) in [5, 5.41) is 12.1. The first-order chi connectivity index (χ1) is 11.5. The Balaban J connectivity index is 2.07. The molecule has 0 saturated heterocycles. The number of benzene rings is 2. The molecule has 126 valence electrons. The Morgan fingerprint density at radius 2 is 1.79 bits per heavy atom. The van der Waals surface area contributed by atoms with Crippen LogP contribution in [0.25, 0.3) is 0 Å². The molecule has 0 heterocycles. The molecule has 1 amide bonds. The van der Waals surface area contributed by atoms with Gasteiger partial charge in [-0.25, -0.2) is 4.79 Å². The standard InChI is InChI=1S/C17H15Cl2NO4/c18-13-8-4-7-12(16(13)19)14(9-15(21)22)20-17(23)24-10-11-5-2-1-3-6-11/h1-8,14H,9-10H2,(H,20,23)(H,21,22)/t14-/m0/s1. The second kappa shape index (κ2) is 8.57. The molecule has 0 unspecified atom stereocenters. The molecule has 2 N–H and O–H groups in total. The Morgan fingerprint density at radius 3 is 2.46 bits per heavy atom. The van der Waals surface area contributed by atoms with Crippen LogP contribution in [0.3, 0.4) is 0 Å². The van der Waals surface area contributed by atoms with Crippen molar-refractivity contribution in [3.05, 3.63) is 69.7 Å². The van der Waals surface area contributed by atoms with Crippen molar-refractivity contribution < 1.29 is 19.4 Å². The van der Waals surface area contributed by atoms with E-state index in [4.69, 9.17) is 33.0 Å². The maximum atomic E-state index is 12.0. The molecular weight excluding hydrogens is 353 g/mol. The van der Waals surface area contributed by atoms with Crippen LogP contribution in [-0.4, -0.2) is 17.2 Å². The van der Waals surface area contributed by atoms with Crippen molar-refractivity contribution in [1.82, 2.24) is 5.32 Å². The van der Waals surface area contributed by atoms with Crippen LogP contribution in [0.5, 0.6) is 0 Å². The second-order valence-electron chi connectivity index (χ2n) is 5.00. The van der Waals surface area contributed by atoms with Crippen molar-refractivity contribution >= 4 is 35.3 Å². The number of rotatable bonds is 6. The fourth-order valence-corrected chi connectivity index (χ4v) is 2.55. The van der Waals surface area contributed by atoms with Crippen molar-refractivity contribution in [3.63, 3.8) is 0 Å². The van der Waals surface area contributed by atoms with Crippen LogP contribution in [0.2, 0.25) is 10.0 Å². The zero-order valence-corrected chi connectivity index (χ0v) is 14.1. The van der Waals surface area contributed by atoms with Gasteiger partial charge in [-0.05, 0) is 17.2 Å². The molecule has 0 radical (unpaired) electrons. The van der Waals surface area contributed by atoms with E-state index in [9.17, 15) is 9.59 Å². The van der Waals surface area contributed by atoms with Gasteiger partial charge in [-0.3, -0.25) is 4.79 Å². The van der Waals surface area contributed by atoms with E-state index < -0.39 is 18.1 Å². The Morgan fingerprint density at radius 1 is 1.08 bits per heavy atom. The lowest BCUT2D eigenvalue weighted by Gasteiger charge is -2.19. The van der Waals surface area contributed by atoms with Gasteiger partial charge in [-0.15, -0.1) is 0 Å². The average Bonchev–Trinajstić information content (AvgIpc) is 2.55. The van der Waals surface area contributed by atoms with Crippen molar-refractivity contribution in [2.45, 2.75) is 19.1 Å². The Labute approximate surface area is 149 Å². The number of alkyl carbamates (subject to hydrolysis) is 1. The maximum Gasteiger partial charge on any atom is 0.407 e. The fourth-order valence-electron chi connectivity index (χ4n) is 2.11. The lowest BCUT2D eigenvalue weighted by Crippen LogP contribution is -2.30. The van der Waals surface area contributed by atoms with E-state index >= 15 is 0 Å². The molecule has 0 fully saturated rings. The highest BCUT2D eigenvalue weighted by Crippen LogP contribution is 2.31. The first-order valence-electron chi connectivity index (χ1n) is 7.10. The van der Waals surface area contributed by atoms with Crippen LogP contribution in [0, 0.1) is 0 Å². The van der Waals surface area contributed by atoms with E-state index in [0.717, 1.165) is 5.56 Å². The number of nitrogens with one attached hydrogen (secondary N) is 1. The third kappa shape index (κ3) is 5.15. The third-order valence-electron chi connectivity index (χ3n) is 3.24. The molecule has 0 aromatic heterocycles. The molecule has 2 aromatic carbocycles. The third-order valence-corrected chi connectivity index (χ3v) is 4.07. The summed E-state index contributed by atoms with van der Waals surface area (Å²) in [5.74, 6) is -1.08. The molecular formula is C17H15Cl2NO4. The van der Waals surface area contributed by atoms with Gasteiger partial charge in [-0.2, -0.15) is 0 Å². The number of carboxylic acids is 1. The van der Waals surface area contributed by atoms with E-state index in [1.807, 2.05) is 30.3 Å². The van der Waals surface area contributed by atoms with E-state index in [1.54, 1.807) is 18.2 Å². The molecule has 7 heteroatoms. The smallest absolute Gasteiger partial charge is 0.407 e. The highest BCUT2D eigenvalue weighted by Gasteiger charge is 2.22. The summed E-state index contributed by atoms with van der Waals surface area (Å²) in [6.07, 6.45) is -1.08. The SMILES string of the molecule is O=C(O)C[C@H](NC(=O)OCc1ccccc1)c1cccc(Cl)c1Cl. The summed E-state index contributed by atoms with van der Waals surface area (Å²) in [4.78, 5) is 23.0. The van der Waals surface area contributed by atoms with Crippen molar-refractivity contribution in [1.29, 1.82) is 0 Å². The predicted molar refractivity (Wildman–Crippen MR) is 91.2 cm³/mol. The number of carbonyl (C=O) groups excluding carboxylic acids is 1. The monoisotopic (exact) mass is 367 g/mol. The molecule has 0 saturated carbocycles. The van der Waals surface area contributed by atoms with E-state index in [2.05, 4.69) is 5.32 Å². The van der Waals surface area contributed by atoms with Crippen molar-refractivity contribution in [3.8, 4) is 0 Å². The lowest BCUT2D eigenvalue weighted by molar-refractivity contribution is -0.137. The summed E-state index contributed by atoms with van der Waals surface area (Å²) in [7, 11) is 0. The number of hydrogen-bond donors (Lipinski definition) is 2. The summed E-state index contributed by atoms with van der Waals surface area (Å²) < 4.78 is 5.11. The zero-order chi connectivity index (χ0) is 17.5. The molecule has 24 heavy (non-hydrogen) atoms. The molecule has 0 aliphatic rings. The molecule has 2 rings (SSSR count). The van der Waals surface area contributed by atoms with Crippen LogP contribution < -0.4 is 5.32 Å². The summed E-state index contributed by atoms with van der Waals surface area (Å²) in [6, 6.07) is 13.1. The molecule has 0 aliphatic carbocycles. The second-order valence-corrected chi connectivity index (χ2v) is 5.78. The molecule has 5 nitrogen and oxygen atoms in total. The van der Waals surface area contributed by atoms with Gasteiger partial charge < -0.3 is 15.2 Å². The Bertz CT molecular complexity index is 722. The normalized spacial score (nSPS) is 11.6. The van der Waals surface area contributed by atoms with Gasteiger partial charge in [0.05, 0.1) is 22.5 Å². The highest BCUT2D eigenvalue weighted by atomic mass is 35.5. The van der Waals surface area contributed by atoms with E-state index in [-0.39, 0.29) is 23.1 Å². The molecule has 0 spiro atoms. The van der Waals surface area contributed by atoms with Crippen LogP contribution in [0.15, 0.2) is 48.5 Å². The summed E-state index contributed by atoms with van der Waals surface area (Å²) in [6.45, 7) is 0.0791. The van der Waals surface area contributed by atoms with Gasteiger partial charge in [0.15, 0.2) is 0 Å². The van der Waals surface area contributed by atoms with E-state index in [0.29, 0.717) is 5.56 Å². The number of hydrogen-bond acceptors (Lipinski definition) is 3. The highest BCUT2D eigenvalue weighted by molar-refractivity contribution is 6.42. The van der Waals surface area contributed by atoms with Gasteiger partial charge >= 0.3 is 12.1 Å². The minimum absolute atomic E-state index is 0.0791. The number of carbonyl (C=O) groups is 2. The van der Waals surface area contributed by atoms with Gasteiger partial charge in [0.2, 0.25) is 0 Å². The Kier molecular flexibility index (Phi) is 6.46. The van der Waals surface area contributed by atoms with Crippen LogP contribution in [0.1, 0.15) is 23.6 Å². The number of aliphatic carboxylic acids is 1. The minimum atomic E-state index is -1.08. The molecule has 0 aliphatic heterocycles. The first-order valence-corrected chi connectivity index (χ1v) is 7.86. The number of carboxylic acid groups (broad SMARTS) is 1. The predicted octanol–water partition coefficient (Wildman–Crippen LogP) is 4.44. The quantitative estimate of drug-likeness (QED) is 0.791. The largest absolute Gasteiger partial charge is 0.481 e. The fraction of sp³-hybridized carbons (Fsp3) is 0.176. The molecule has 2 aromatic rings. The summed E-state index contributed by atoms with van der Waals surface area (Å²) >= 11 is 12.1. The minimum Gasteiger partial charge on any atom is -0.481 e. The van der Waals surface area contributed by atoms with Gasteiger partial charge in [0.25, 0.3) is 0 Å². The lowest BCUT2D eigenvalue weighted by atomic mass is 10.0. The number of halogens is 2. The van der Waals surface area contributed by atoms with Crippen LogP contribution >= 0.6 is 23.2 Å². The van der Waals surface area contributed by atoms with E-state index in [1.165, 1.54) is 0 Å². The van der Waals surface area contributed by atoms with Gasteiger partial charge in [0.1, 0.15) is 6.61 Å². The topological polar surface area (TPSA) is 75.6 Å². The van der Waals surface area contributed by atoms with Crippen molar-refractivity contribution in [2.75, 3.05) is 0 Å². The zero-order valence-electron chi connectivity index (χ0n) is 12.5. The molecule has 0 bridgehead atoms. The van der Waals surface area contributed by atoms with Crippen LogP contribution in [-0.2, 0) is 16.1 Å².